The number of amides is 1. The van der Waals surface area contributed by atoms with Gasteiger partial charge in [-0.1, -0.05) is 23.4 Å². The Morgan fingerprint density at radius 3 is 2.93 bits per heavy atom. The van der Waals surface area contributed by atoms with Crippen molar-refractivity contribution in [3.8, 4) is 5.75 Å². The Bertz CT molecular complexity index is 735. The predicted molar refractivity (Wildman–Crippen MR) is 99.8 cm³/mol. The van der Waals surface area contributed by atoms with Crippen molar-refractivity contribution in [3.63, 3.8) is 0 Å². The third-order valence-corrected chi connectivity index (χ3v) is 4.53. The van der Waals surface area contributed by atoms with Crippen LogP contribution in [0.2, 0.25) is 0 Å². The average molecular weight is 390 g/mol. The number of rotatable bonds is 9. The molecular formula is C20H26N2O6. The molecule has 1 fully saturated rings. The van der Waals surface area contributed by atoms with Gasteiger partial charge >= 0.3 is 0 Å². The van der Waals surface area contributed by atoms with E-state index in [0.717, 1.165) is 12.1 Å². The van der Waals surface area contributed by atoms with Gasteiger partial charge in [-0.05, 0) is 25.0 Å². The van der Waals surface area contributed by atoms with Gasteiger partial charge in [-0.25, -0.2) is 0 Å². The van der Waals surface area contributed by atoms with Crippen molar-refractivity contribution < 1.29 is 28.6 Å². The number of aliphatic hydroxyl groups excluding tert-OH is 1. The Morgan fingerprint density at radius 1 is 1.32 bits per heavy atom. The SMILES string of the molecule is COCc1cc(C[C@@H]2CC[C@H](O)[C@@H](CNC(=O)COc3ccccc3)O2)no1. The minimum Gasteiger partial charge on any atom is -0.484 e. The topological polar surface area (TPSA) is 103 Å². The maximum absolute atomic E-state index is 12.0. The molecule has 1 aliphatic heterocycles. The Morgan fingerprint density at radius 2 is 2.14 bits per heavy atom. The Balaban J connectivity index is 1.42. The molecule has 2 aromatic rings. The molecule has 0 saturated carbocycles. The second-order valence-corrected chi connectivity index (χ2v) is 6.77. The van der Waals surface area contributed by atoms with E-state index in [-0.39, 0.29) is 25.2 Å². The number of ether oxygens (including phenoxy) is 3. The van der Waals surface area contributed by atoms with E-state index in [9.17, 15) is 9.90 Å². The number of para-hydroxylation sites is 1. The maximum Gasteiger partial charge on any atom is 0.258 e. The summed E-state index contributed by atoms with van der Waals surface area (Å²) in [4.78, 5) is 12.0. The Hall–Kier alpha value is -2.42. The van der Waals surface area contributed by atoms with Gasteiger partial charge in [0.05, 0.1) is 17.9 Å². The minimum absolute atomic E-state index is 0.0858. The summed E-state index contributed by atoms with van der Waals surface area (Å²) < 4.78 is 21.6. The molecule has 0 bridgehead atoms. The van der Waals surface area contributed by atoms with E-state index in [4.69, 9.17) is 18.7 Å². The van der Waals surface area contributed by atoms with E-state index in [1.807, 2.05) is 24.3 Å². The molecule has 1 aliphatic rings. The van der Waals surface area contributed by atoms with Crippen molar-refractivity contribution in [1.29, 1.82) is 0 Å². The van der Waals surface area contributed by atoms with Crippen LogP contribution in [0.1, 0.15) is 24.3 Å². The first kappa shape index (κ1) is 20.3. The van der Waals surface area contributed by atoms with Gasteiger partial charge in [-0.15, -0.1) is 0 Å². The number of hydrogen-bond donors (Lipinski definition) is 2. The maximum atomic E-state index is 12.0. The van der Waals surface area contributed by atoms with Gasteiger partial charge in [-0.2, -0.15) is 0 Å². The van der Waals surface area contributed by atoms with Crippen molar-refractivity contribution in [2.45, 2.75) is 44.2 Å². The number of aliphatic hydroxyl groups is 1. The molecule has 28 heavy (non-hydrogen) atoms. The molecule has 3 atom stereocenters. The van der Waals surface area contributed by atoms with Crippen LogP contribution in [0, 0.1) is 0 Å². The summed E-state index contributed by atoms with van der Waals surface area (Å²) in [6.45, 7) is 0.511. The molecule has 1 aromatic carbocycles. The number of carbonyl (C=O) groups excluding carboxylic acids is 1. The zero-order valence-electron chi connectivity index (χ0n) is 15.9. The summed E-state index contributed by atoms with van der Waals surface area (Å²) in [5.41, 5.74) is 0.785. The van der Waals surface area contributed by atoms with Crippen molar-refractivity contribution in [1.82, 2.24) is 10.5 Å². The van der Waals surface area contributed by atoms with Crippen LogP contribution in [0.3, 0.4) is 0 Å². The number of nitrogens with one attached hydrogen (secondary N) is 1. The van der Waals surface area contributed by atoms with Gasteiger partial charge in [0.2, 0.25) is 0 Å². The van der Waals surface area contributed by atoms with Crippen LogP contribution in [0.5, 0.6) is 5.75 Å². The molecule has 1 saturated heterocycles. The number of hydrogen-bond acceptors (Lipinski definition) is 7. The Labute approximate surface area is 163 Å². The highest BCUT2D eigenvalue weighted by Gasteiger charge is 2.30. The van der Waals surface area contributed by atoms with Gasteiger partial charge in [0, 0.05) is 26.1 Å². The third-order valence-electron chi connectivity index (χ3n) is 4.53. The van der Waals surface area contributed by atoms with Crippen molar-refractivity contribution >= 4 is 5.91 Å². The molecule has 1 amide bonds. The van der Waals surface area contributed by atoms with Gasteiger partial charge in [0.25, 0.3) is 5.91 Å². The van der Waals surface area contributed by atoms with Crippen LogP contribution in [0.4, 0.5) is 0 Å². The van der Waals surface area contributed by atoms with E-state index in [1.165, 1.54) is 0 Å². The van der Waals surface area contributed by atoms with Crippen molar-refractivity contribution in [2.24, 2.45) is 0 Å². The lowest BCUT2D eigenvalue weighted by atomic mass is 9.98. The summed E-state index contributed by atoms with van der Waals surface area (Å²) in [5, 5.41) is 17.0. The van der Waals surface area contributed by atoms with E-state index < -0.39 is 12.2 Å². The summed E-state index contributed by atoms with van der Waals surface area (Å²) >= 11 is 0. The fraction of sp³-hybridized carbons (Fsp3) is 0.500. The molecule has 3 rings (SSSR count). The first-order valence-electron chi connectivity index (χ1n) is 9.35. The predicted octanol–water partition coefficient (Wildman–Crippen LogP) is 1.47. The smallest absolute Gasteiger partial charge is 0.258 e. The van der Waals surface area contributed by atoms with Gasteiger partial charge in [0.15, 0.2) is 12.4 Å². The fourth-order valence-corrected chi connectivity index (χ4v) is 3.11. The first-order valence-corrected chi connectivity index (χ1v) is 9.35. The highest BCUT2D eigenvalue weighted by Crippen LogP contribution is 2.22. The van der Waals surface area contributed by atoms with Crippen molar-refractivity contribution in [3.05, 3.63) is 47.9 Å². The first-order chi connectivity index (χ1) is 13.6. The highest BCUT2D eigenvalue weighted by atomic mass is 16.5. The lowest BCUT2D eigenvalue weighted by Gasteiger charge is -2.33. The molecule has 0 spiro atoms. The number of methoxy groups -OCH3 is 1. The van der Waals surface area contributed by atoms with E-state index in [2.05, 4.69) is 10.5 Å². The number of nitrogens with zero attached hydrogens (tertiary/aromatic N) is 1. The van der Waals surface area contributed by atoms with Crippen LogP contribution in [-0.4, -0.2) is 54.7 Å². The highest BCUT2D eigenvalue weighted by molar-refractivity contribution is 5.77. The Kier molecular flexibility index (Phi) is 7.41. The van der Waals surface area contributed by atoms with Gasteiger partial charge < -0.3 is 29.2 Å². The summed E-state index contributed by atoms with van der Waals surface area (Å²) in [6.07, 6.45) is 0.731. The largest absolute Gasteiger partial charge is 0.484 e. The fourth-order valence-electron chi connectivity index (χ4n) is 3.11. The van der Waals surface area contributed by atoms with Crippen LogP contribution < -0.4 is 10.1 Å². The molecule has 1 aromatic heterocycles. The lowest BCUT2D eigenvalue weighted by molar-refractivity contribution is -0.130. The monoisotopic (exact) mass is 390 g/mol. The second kappa shape index (κ2) is 10.2. The van der Waals surface area contributed by atoms with E-state index >= 15 is 0 Å². The lowest BCUT2D eigenvalue weighted by Crippen LogP contribution is -2.47. The molecule has 8 nitrogen and oxygen atoms in total. The quantitative estimate of drug-likeness (QED) is 0.668. The molecule has 0 unspecified atom stereocenters. The van der Waals surface area contributed by atoms with Crippen LogP contribution in [-0.2, 0) is 27.3 Å². The van der Waals surface area contributed by atoms with Crippen LogP contribution >= 0.6 is 0 Å². The minimum atomic E-state index is -0.618. The average Bonchev–Trinajstić information content (AvgIpc) is 3.15. The zero-order valence-corrected chi connectivity index (χ0v) is 15.9. The summed E-state index contributed by atoms with van der Waals surface area (Å²) in [6, 6.07) is 11.0. The molecule has 152 valence electrons. The molecule has 0 radical (unpaired) electrons. The van der Waals surface area contributed by atoms with Crippen LogP contribution in [0.15, 0.2) is 40.9 Å². The molecule has 8 heteroatoms. The zero-order chi connectivity index (χ0) is 19.8. The number of carbonyl (C=O) groups is 1. The van der Waals surface area contributed by atoms with Crippen molar-refractivity contribution in [2.75, 3.05) is 20.3 Å². The molecule has 0 aliphatic carbocycles. The van der Waals surface area contributed by atoms with E-state index in [0.29, 0.717) is 31.0 Å². The third kappa shape index (κ3) is 6.05. The molecular weight excluding hydrogens is 364 g/mol. The second-order valence-electron chi connectivity index (χ2n) is 6.77. The van der Waals surface area contributed by atoms with Crippen LogP contribution in [0.25, 0.3) is 0 Å². The summed E-state index contributed by atoms with van der Waals surface area (Å²) in [5.74, 6) is 1.03. The standard InChI is InChI=1S/C20H26N2O6/c1-25-12-17-10-14(22-28-17)9-16-7-8-18(23)19(27-16)11-21-20(24)13-26-15-5-3-2-4-6-15/h2-6,10,16,18-19,23H,7-9,11-13H2,1H3,(H,21,24)/t16-,18-,19+/m0/s1. The van der Waals surface area contributed by atoms with E-state index in [1.54, 1.807) is 19.2 Å². The molecule has 2 heterocycles. The normalized spacial score (nSPS) is 22.0. The van der Waals surface area contributed by atoms with Gasteiger partial charge in [0.1, 0.15) is 18.5 Å². The summed E-state index contributed by atoms with van der Waals surface area (Å²) in [7, 11) is 1.59. The number of benzene rings is 1. The number of aromatic nitrogens is 1. The van der Waals surface area contributed by atoms with Gasteiger partial charge in [-0.3, -0.25) is 4.79 Å². The molecule has 2 N–H and O–H groups in total.